The van der Waals surface area contributed by atoms with Crippen molar-refractivity contribution in [3.8, 4) is 0 Å². The van der Waals surface area contributed by atoms with Crippen molar-refractivity contribution < 1.29 is 4.79 Å². The van der Waals surface area contributed by atoms with Crippen molar-refractivity contribution in [2.45, 2.75) is 13.3 Å². The molecule has 0 aliphatic carbocycles. The molecule has 0 spiro atoms. The number of carbonyl (C=O) groups excluding carboxylic acids is 1. The number of H-pyrrole nitrogens is 2. The molecule has 3 rings (SSSR count). The summed E-state index contributed by atoms with van der Waals surface area (Å²) >= 11 is 0. The van der Waals surface area contributed by atoms with Gasteiger partial charge in [0.15, 0.2) is 11.2 Å². The number of pyridine rings is 1. The van der Waals surface area contributed by atoms with Gasteiger partial charge in [-0.25, -0.2) is 0 Å². The summed E-state index contributed by atoms with van der Waals surface area (Å²) in [6, 6.07) is 10.1. The second-order valence-corrected chi connectivity index (χ2v) is 4.68. The zero-order chi connectivity index (χ0) is 14.8. The molecule has 2 heterocycles. The van der Waals surface area contributed by atoms with Crippen LogP contribution >= 0.6 is 0 Å². The highest BCUT2D eigenvalue weighted by Crippen LogP contribution is 2.10. The van der Waals surface area contributed by atoms with Gasteiger partial charge in [-0.1, -0.05) is 19.1 Å². The number of nitrogens with one attached hydrogen (secondary N) is 3. The van der Waals surface area contributed by atoms with E-state index in [4.69, 9.17) is 0 Å². The summed E-state index contributed by atoms with van der Waals surface area (Å²) < 4.78 is 0. The SMILES string of the molecule is CCc1cc(NC(=O)c2cc(=O)c3ccccc3[nH]2)n[nH]1. The van der Waals surface area contributed by atoms with E-state index in [0.717, 1.165) is 12.1 Å². The van der Waals surface area contributed by atoms with Gasteiger partial charge in [0.05, 0.1) is 0 Å². The third kappa shape index (κ3) is 2.55. The van der Waals surface area contributed by atoms with E-state index in [2.05, 4.69) is 20.5 Å². The number of rotatable bonds is 3. The maximum atomic E-state index is 12.2. The van der Waals surface area contributed by atoms with Crippen LogP contribution in [-0.4, -0.2) is 21.1 Å². The Kier molecular flexibility index (Phi) is 3.27. The van der Waals surface area contributed by atoms with Crippen molar-refractivity contribution in [1.82, 2.24) is 15.2 Å². The number of benzene rings is 1. The van der Waals surface area contributed by atoms with Gasteiger partial charge in [0, 0.05) is 28.7 Å². The third-order valence-electron chi connectivity index (χ3n) is 3.24. The molecule has 21 heavy (non-hydrogen) atoms. The number of anilines is 1. The van der Waals surface area contributed by atoms with Crippen LogP contribution < -0.4 is 10.7 Å². The van der Waals surface area contributed by atoms with E-state index < -0.39 is 5.91 Å². The number of aromatic amines is 2. The summed E-state index contributed by atoms with van der Waals surface area (Å²) in [4.78, 5) is 27.1. The Morgan fingerprint density at radius 1 is 1.29 bits per heavy atom. The van der Waals surface area contributed by atoms with Gasteiger partial charge < -0.3 is 10.3 Å². The first-order valence-corrected chi connectivity index (χ1v) is 6.65. The molecule has 0 atom stereocenters. The number of nitrogens with zero attached hydrogens (tertiary/aromatic N) is 1. The molecule has 0 bridgehead atoms. The Labute approximate surface area is 120 Å². The standard InChI is InChI=1S/C15H14N4O2/c1-2-9-7-14(19-18-9)17-15(21)12-8-13(20)10-5-3-4-6-11(10)16-12/h3-8H,2H2,1H3,(H,16,20)(H2,17,18,19,21). The fourth-order valence-corrected chi connectivity index (χ4v) is 2.11. The van der Waals surface area contributed by atoms with Crippen molar-refractivity contribution in [2.75, 3.05) is 5.32 Å². The van der Waals surface area contributed by atoms with E-state index >= 15 is 0 Å². The molecule has 6 heteroatoms. The molecule has 3 aromatic rings. The molecule has 0 saturated heterocycles. The fourth-order valence-electron chi connectivity index (χ4n) is 2.11. The first-order valence-electron chi connectivity index (χ1n) is 6.65. The summed E-state index contributed by atoms with van der Waals surface area (Å²) in [5.74, 6) is 0.0397. The molecule has 0 fully saturated rings. The van der Waals surface area contributed by atoms with E-state index in [-0.39, 0.29) is 11.1 Å². The molecule has 2 aromatic heterocycles. The van der Waals surface area contributed by atoms with Crippen molar-refractivity contribution in [2.24, 2.45) is 0 Å². The summed E-state index contributed by atoms with van der Waals surface area (Å²) in [6.07, 6.45) is 0.801. The number of carbonyl (C=O) groups is 1. The van der Waals surface area contributed by atoms with Crippen LogP contribution in [0.3, 0.4) is 0 Å². The molecule has 6 nitrogen and oxygen atoms in total. The zero-order valence-corrected chi connectivity index (χ0v) is 11.4. The molecule has 1 amide bonds. The number of aryl methyl sites for hydroxylation is 1. The predicted molar refractivity (Wildman–Crippen MR) is 80.5 cm³/mol. The molecule has 0 unspecified atom stereocenters. The normalized spacial score (nSPS) is 10.7. The molecule has 3 N–H and O–H groups in total. The van der Waals surface area contributed by atoms with Crippen molar-refractivity contribution >= 4 is 22.6 Å². The summed E-state index contributed by atoms with van der Waals surface area (Å²) in [6.45, 7) is 1.99. The average molecular weight is 282 g/mol. The summed E-state index contributed by atoms with van der Waals surface area (Å²) in [7, 11) is 0. The van der Waals surface area contributed by atoms with Crippen LogP contribution in [0.5, 0.6) is 0 Å². The van der Waals surface area contributed by atoms with E-state index in [1.807, 2.05) is 6.92 Å². The predicted octanol–water partition coefficient (Wildman–Crippen LogP) is 2.07. The number of hydrogen-bond acceptors (Lipinski definition) is 3. The second-order valence-electron chi connectivity index (χ2n) is 4.68. The smallest absolute Gasteiger partial charge is 0.273 e. The van der Waals surface area contributed by atoms with Crippen LogP contribution in [0.25, 0.3) is 10.9 Å². The maximum absolute atomic E-state index is 12.2. The minimum atomic E-state index is -0.396. The quantitative estimate of drug-likeness (QED) is 0.686. The van der Waals surface area contributed by atoms with Crippen molar-refractivity contribution in [1.29, 1.82) is 0 Å². The largest absolute Gasteiger partial charge is 0.350 e. The summed E-state index contributed by atoms with van der Waals surface area (Å²) in [5, 5.41) is 10.0. The van der Waals surface area contributed by atoms with E-state index in [9.17, 15) is 9.59 Å². The maximum Gasteiger partial charge on any atom is 0.273 e. The van der Waals surface area contributed by atoms with Crippen LogP contribution in [0.1, 0.15) is 23.1 Å². The summed E-state index contributed by atoms with van der Waals surface area (Å²) in [5.41, 5.74) is 1.58. The molecular formula is C15H14N4O2. The van der Waals surface area contributed by atoms with Crippen LogP contribution in [0.15, 0.2) is 41.2 Å². The molecule has 106 valence electrons. The highest BCUT2D eigenvalue weighted by Gasteiger charge is 2.11. The molecule has 0 saturated carbocycles. The highest BCUT2D eigenvalue weighted by atomic mass is 16.2. The minimum absolute atomic E-state index is 0.189. The van der Waals surface area contributed by atoms with Crippen LogP contribution in [0, 0.1) is 0 Å². The van der Waals surface area contributed by atoms with E-state index in [1.165, 1.54) is 6.07 Å². The third-order valence-corrected chi connectivity index (χ3v) is 3.24. The lowest BCUT2D eigenvalue weighted by molar-refractivity contribution is 0.102. The topological polar surface area (TPSA) is 90.6 Å². The minimum Gasteiger partial charge on any atom is -0.350 e. The van der Waals surface area contributed by atoms with Crippen molar-refractivity contribution in [3.63, 3.8) is 0 Å². The van der Waals surface area contributed by atoms with Gasteiger partial charge in [0.25, 0.3) is 5.91 Å². The lowest BCUT2D eigenvalue weighted by Gasteiger charge is -2.04. The van der Waals surface area contributed by atoms with E-state index in [0.29, 0.717) is 16.7 Å². The average Bonchev–Trinajstić information content (AvgIpc) is 2.95. The van der Waals surface area contributed by atoms with Gasteiger partial charge in [-0.2, -0.15) is 5.10 Å². The van der Waals surface area contributed by atoms with Crippen molar-refractivity contribution in [3.05, 3.63) is 58.0 Å². The molecule has 0 aliphatic heterocycles. The molecule has 1 aromatic carbocycles. The van der Waals surface area contributed by atoms with E-state index in [1.54, 1.807) is 30.3 Å². The Balaban J connectivity index is 1.92. The molecule has 0 radical (unpaired) electrons. The number of hydrogen-bond donors (Lipinski definition) is 3. The molecular weight excluding hydrogens is 268 g/mol. The Morgan fingerprint density at radius 2 is 2.10 bits per heavy atom. The number of fused-ring (bicyclic) bond motifs is 1. The monoisotopic (exact) mass is 282 g/mol. The first kappa shape index (κ1) is 13.1. The van der Waals surface area contributed by atoms with Gasteiger partial charge in [0.1, 0.15) is 5.69 Å². The van der Waals surface area contributed by atoms with Gasteiger partial charge >= 0.3 is 0 Å². The lowest BCUT2D eigenvalue weighted by Crippen LogP contribution is -2.17. The fraction of sp³-hybridized carbons (Fsp3) is 0.133. The number of amides is 1. The van der Waals surface area contributed by atoms with Crippen LogP contribution in [-0.2, 0) is 6.42 Å². The zero-order valence-electron chi connectivity index (χ0n) is 11.4. The Hall–Kier alpha value is -2.89. The van der Waals surface area contributed by atoms with Gasteiger partial charge in [-0.05, 0) is 18.6 Å². The lowest BCUT2D eigenvalue weighted by atomic mass is 10.2. The van der Waals surface area contributed by atoms with Gasteiger partial charge in [0.2, 0.25) is 0 Å². The Morgan fingerprint density at radius 3 is 2.86 bits per heavy atom. The molecule has 0 aliphatic rings. The number of para-hydroxylation sites is 1. The number of aromatic nitrogens is 3. The van der Waals surface area contributed by atoms with Crippen LogP contribution in [0.4, 0.5) is 5.82 Å². The highest BCUT2D eigenvalue weighted by molar-refractivity contribution is 6.03. The van der Waals surface area contributed by atoms with Crippen LogP contribution in [0.2, 0.25) is 0 Å². The Bertz CT molecular complexity index is 863. The van der Waals surface area contributed by atoms with Gasteiger partial charge in [-0.15, -0.1) is 0 Å². The van der Waals surface area contributed by atoms with Gasteiger partial charge in [-0.3, -0.25) is 14.7 Å². The second kappa shape index (κ2) is 5.24. The first-order chi connectivity index (χ1) is 10.2.